The van der Waals surface area contributed by atoms with Gasteiger partial charge in [-0.2, -0.15) is 0 Å². The average molecular weight is 242 g/mol. The third kappa shape index (κ3) is 3.04. The topological polar surface area (TPSA) is 18.5 Å². The number of hydrogen-bond acceptors (Lipinski definition) is 2. The van der Waals surface area contributed by atoms with Crippen LogP contribution in [0, 0.1) is 0 Å². The second-order valence-corrected chi connectivity index (χ2v) is 4.50. The molecule has 0 aliphatic heterocycles. The van der Waals surface area contributed by atoms with Crippen LogP contribution < -0.4 is 9.47 Å². The van der Waals surface area contributed by atoms with Gasteiger partial charge in [0, 0.05) is 6.07 Å². The second kappa shape index (κ2) is 5.58. The van der Waals surface area contributed by atoms with Crippen molar-refractivity contribution in [3.8, 4) is 17.2 Å². The Balaban J connectivity index is 2.13. The average Bonchev–Trinajstić information content (AvgIpc) is 2.39. The lowest BCUT2D eigenvalue weighted by molar-refractivity contribution is 0.409. The van der Waals surface area contributed by atoms with Crippen LogP contribution in [0.15, 0.2) is 48.5 Å². The molecule has 0 fully saturated rings. The first-order valence-electron chi connectivity index (χ1n) is 6.11. The SMILES string of the molecule is COc1cccc(Oc2ccc(C(C)C)cc2)c1. The molecule has 2 nitrogen and oxygen atoms in total. The van der Waals surface area contributed by atoms with Crippen LogP contribution in [-0.4, -0.2) is 7.11 Å². The molecule has 0 saturated carbocycles. The zero-order valence-corrected chi connectivity index (χ0v) is 11.0. The molecule has 0 bridgehead atoms. The van der Waals surface area contributed by atoms with Crippen molar-refractivity contribution in [2.24, 2.45) is 0 Å². The predicted molar refractivity (Wildman–Crippen MR) is 73.6 cm³/mol. The van der Waals surface area contributed by atoms with E-state index < -0.39 is 0 Å². The van der Waals surface area contributed by atoms with Crippen LogP contribution in [0.1, 0.15) is 25.3 Å². The summed E-state index contributed by atoms with van der Waals surface area (Å²) < 4.78 is 10.9. The van der Waals surface area contributed by atoms with E-state index in [4.69, 9.17) is 9.47 Å². The smallest absolute Gasteiger partial charge is 0.131 e. The Morgan fingerprint density at radius 1 is 0.833 bits per heavy atom. The standard InChI is InChI=1S/C16H18O2/c1-12(2)13-7-9-14(10-8-13)18-16-6-4-5-15(11-16)17-3/h4-12H,1-3H3. The largest absolute Gasteiger partial charge is 0.497 e. The monoisotopic (exact) mass is 242 g/mol. The molecule has 0 aromatic heterocycles. The first kappa shape index (κ1) is 12.5. The third-order valence-corrected chi connectivity index (χ3v) is 2.82. The van der Waals surface area contributed by atoms with Gasteiger partial charge in [-0.1, -0.05) is 32.0 Å². The van der Waals surface area contributed by atoms with Gasteiger partial charge in [-0.3, -0.25) is 0 Å². The highest BCUT2D eigenvalue weighted by molar-refractivity contribution is 5.37. The van der Waals surface area contributed by atoms with Crippen LogP contribution in [0.5, 0.6) is 17.2 Å². The Labute approximate surface area is 108 Å². The molecule has 0 N–H and O–H groups in total. The normalized spacial score (nSPS) is 10.4. The highest BCUT2D eigenvalue weighted by Gasteiger charge is 2.01. The molecule has 0 heterocycles. The van der Waals surface area contributed by atoms with Gasteiger partial charge in [0.15, 0.2) is 0 Å². The van der Waals surface area contributed by atoms with E-state index in [-0.39, 0.29) is 0 Å². The van der Waals surface area contributed by atoms with Gasteiger partial charge in [0.1, 0.15) is 17.2 Å². The molecule has 94 valence electrons. The second-order valence-electron chi connectivity index (χ2n) is 4.50. The summed E-state index contributed by atoms with van der Waals surface area (Å²) in [5.74, 6) is 2.96. The molecular weight excluding hydrogens is 224 g/mol. The van der Waals surface area contributed by atoms with E-state index in [1.165, 1.54) is 5.56 Å². The Kier molecular flexibility index (Phi) is 3.88. The first-order chi connectivity index (χ1) is 8.69. The van der Waals surface area contributed by atoms with Crippen LogP contribution in [-0.2, 0) is 0 Å². The lowest BCUT2D eigenvalue weighted by atomic mass is 10.0. The van der Waals surface area contributed by atoms with Crippen molar-refractivity contribution >= 4 is 0 Å². The molecule has 0 unspecified atom stereocenters. The molecule has 2 aromatic carbocycles. The molecule has 0 saturated heterocycles. The summed E-state index contributed by atoms with van der Waals surface area (Å²) >= 11 is 0. The lowest BCUT2D eigenvalue weighted by Crippen LogP contribution is -1.89. The summed E-state index contributed by atoms with van der Waals surface area (Å²) in [6, 6.07) is 15.8. The van der Waals surface area contributed by atoms with E-state index in [0.717, 1.165) is 17.2 Å². The maximum Gasteiger partial charge on any atom is 0.131 e. The molecule has 0 aliphatic rings. The molecule has 0 aliphatic carbocycles. The number of benzene rings is 2. The molecular formula is C16H18O2. The minimum Gasteiger partial charge on any atom is -0.497 e. The Hall–Kier alpha value is -1.96. The van der Waals surface area contributed by atoms with Gasteiger partial charge in [0.25, 0.3) is 0 Å². The van der Waals surface area contributed by atoms with Crippen LogP contribution in [0.3, 0.4) is 0 Å². The molecule has 2 aromatic rings. The van der Waals surface area contributed by atoms with E-state index in [9.17, 15) is 0 Å². The highest BCUT2D eigenvalue weighted by Crippen LogP contribution is 2.26. The first-order valence-corrected chi connectivity index (χ1v) is 6.11. The number of methoxy groups -OCH3 is 1. The molecule has 2 heteroatoms. The fraction of sp³-hybridized carbons (Fsp3) is 0.250. The quantitative estimate of drug-likeness (QED) is 0.779. The minimum atomic E-state index is 0.538. The van der Waals surface area contributed by atoms with E-state index in [1.807, 2.05) is 36.4 Å². The Morgan fingerprint density at radius 2 is 1.50 bits per heavy atom. The molecule has 2 rings (SSSR count). The van der Waals surface area contributed by atoms with E-state index in [1.54, 1.807) is 7.11 Å². The van der Waals surface area contributed by atoms with Crippen molar-refractivity contribution in [2.75, 3.05) is 7.11 Å². The number of ether oxygens (including phenoxy) is 2. The van der Waals surface area contributed by atoms with Crippen LogP contribution >= 0.6 is 0 Å². The van der Waals surface area contributed by atoms with Crippen molar-refractivity contribution in [2.45, 2.75) is 19.8 Å². The maximum absolute atomic E-state index is 5.78. The van der Waals surface area contributed by atoms with E-state index >= 15 is 0 Å². The number of hydrogen-bond donors (Lipinski definition) is 0. The van der Waals surface area contributed by atoms with Crippen molar-refractivity contribution in [1.82, 2.24) is 0 Å². The predicted octanol–water partition coefficient (Wildman–Crippen LogP) is 4.61. The maximum atomic E-state index is 5.78. The number of rotatable bonds is 4. The van der Waals surface area contributed by atoms with Gasteiger partial charge in [-0.05, 0) is 35.7 Å². The highest BCUT2D eigenvalue weighted by atomic mass is 16.5. The minimum absolute atomic E-state index is 0.538. The summed E-state index contributed by atoms with van der Waals surface area (Å²) in [6.07, 6.45) is 0. The summed E-state index contributed by atoms with van der Waals surface area (Å²) in [7, 11) is 1.65. The van der Waals surface area contributed by atoms with Gasteiger partial charge in [0.05, 0.1) is 7.11 Å². The van der Waals surface area contributed by atoms with Crippen molar-refractivity contribution < 1.29 is 9.47 Å². The fourth-order valence-corrected chi connectivity index (χ4v) is 1.72. The molecule has 0 spiro atoms. The van der Waals surface area contributed by atoms with E-state index in [0.29, 0.717) is 5.92 Å². The van der Waals surface area contributed by atoms with Gasteiger partial charge in [-0.25, -0.2) is 0 Å². The van der Waals surface area contributed by atoms with Gasteiger partial charge >= 0.3 is 0 Å². The van der Waals surface area contributed by atoms with Crippen molar-refractivity contribution in [1.29, 1.82) is 0 Å². The third-order valence-electron chi connectivity index (χ3n) is 2.82. The summed E-state index contributed by atoms with van der Waals surface area (Å²) in [5.41, 5.74) is 1.31. The van der Waals surface area contributed by atoms with Crippen LogP contribution in [0.2, 0.25) is 0 Å². The van der Waals surface area contributed by atoms with Crippen molar-refractivity contribution in [3.05, 3.63) is 54.1 Å². The fourth-order valence-electron chi connectivity index (χ4n) is 1.72. The molecule has 0 atom stereocenters. The zero-order valence-electron chi connectivity index (χ0n) is 11.0. The van der Waals surface area contributed by atoms with Gasteiger partial charge < -0.3 is 9.47 Å². The zero-order chi connectivity index (χ0) is 13.0. The Bertz CT molecular complexity index is 501. The lowest BCUT2D eigenvalue weighted by Gasteiger charge is -2.09. The van der Waals surface area contributed by atoms with Crippen molar-refractivity contribution in [3.63, 3.8) is 0 Å². The van der Waals surface area contributed by atoms with Crippen LogP contribution in [0.25, 0.3) is 0 Å². The van der Waals surface area contributed by atoms with Gasteiger partial charge in [0.2, 0.25) is 0 Å². The van der Waals surface area contributed by atoms with E-state index in [2.05, 4.69) is 26.0 Å². The summed E-state index contributed by atoms with van der Waals surface area (Å²) in [5, 5.41) is 0. The Morgan fingerprint density at radius 3 is 2.11 bits per heavy atom. The summed E-state index contributed by atoms with van der Waals surface area (Å²) in [4.78, 5) is 0. The summed E-state index contributed by atoms with van der Waals surface area (Å²) in [6.45, 7) is 4.36. The molecule has 0 amide bonds. The molecule has 0 radical (unpaired) electrons. The van der Waals surface area contributed by atoms with Gasteiger partial charge in [-0.15, -0.1) is 0 Å². The molecule has 18 heavy (non-hydrogen) atoms. The van der Waals surface area contributed by atoms with Crippen LogP contribution in [0.4, 0.5) is 0 Å².